The number of ether oxygens (including phenoxy) is 3. The Kier molecular flexibility index (Phi) is 6.53. The van der Waals surface area contributed by atoms with Gasteiger partial charge in [0, 0.05) is 24.2 Å². The zero-order valence-corrected chi connectivity index (χ0v) is 15.6. The van der Waals surface area contributed by atoms with Crippen molar-refractivity contribution >= 4 is 17.5 Å². The van der Waals surface area contributed by atoms with Crippen LogP contribution in [0.4, 0.5) is 0 Å². The summed E-state index contributed by atoms with van der Waals surface area (Å²) in [6.45, 7) is 0.439. The number of rotatable bonds is 7. The third kappa shape index (κ3) is 4.37. The van der Waals surface area contributed by atoms with Gasteiger partial charge >= 0.3 is 0 Å². The first-order valence-corrected chi connectivity index (χ1v) is 8.14. The molecular weight excluding hydrogens is 342 g/mol. The summed E-state index contributed by atoms with van der Waals surface area (Å²) in [7, 11) is 6.38. The fourth-order valence-corrected chi connectivity index (χ4v) is 2.77. The number of carbonyl (C=O) groups excluding carboxylic acids is 1. The van der Waals surface area contributed by atoms with Crippen LogP contribution in [0.3, 0.4) is 0 Å². The van der Waals surface area contributed by atoms with Crippen molar-refractivity contribution in [3.63, 3.8) is 0 Å². The maximum absolute atomic E-state index is 12.6. The smallest absolute Gasteiger partial charge is 0.227 e. The molecule has 0 unspecified atom stereocenters. The Labute approximate surface area is 153 Å². The Morgan fingerprint density at radius 1 is 0.960 bits per heavy atom. The van der Waals surface area contributed by atoms with Crippen molar-refractivity contribution in [2.24, 2.45) is 0 Å². The third-order valence-corrected chi connectivity index (χ3v) is 4.29. The van der Waals surface area contributed by atoms with Gasteiger partial charge in [-0.25, -0.2) is 0 Å². The monoisotopic (exact) mass is 363 g/mol. The van der Waals surface area contributed by atoms with E-state index in [-0.39, 0.29) is 12.3 Å². The summed E-state index contributed by atoms with van der Waals surface area (Å²) in [5, 5.41) is 0.644. The summed E-state index contributed by atoms with van der Waals surface area (Å²) < 4.78 is 16.1. The molecule has 0 N–H and O–H groups in total. The maximum atomic E-state index is 12.6. The number of likely N-dealkylation sites (N-methyl/N-ethyl adjacent to an activating group) is 1. The molecule has 0 fully saturated rings. The minimum absolute atomic E-state index is 0.0505. The Bertz CT molecular complexity index is 748. The molecular formula is C19H22ClNO4. The molecule has 1 amide bonds. The van der Waals surface area contributed by atoms with E-state index in [4.69, 9.17) is 25.8 Å². The van der Waals surface area contributed by atoms with Gasteiger partial charge in [0.25, 0.3) is 0 Å². The minimum Gasteiger partial charge on any atom is -0.493 e. The zero-order valence-electron chi connectivity index (χ0n) is 14.8. The van der Waals surface area contributed by atoms with Crippen LogP contribution in [-0.2, 0) is 17.8 Å². The van der Waals surface area contributed by atoms with Crippen LogP contribution in [0.15, 0.2) is 36.4 Å². The van der Waals surface area contributed by atoms with Crippen molar-refractivity contribution < 1.29 is 19.0 Å². The Morgan fingerprint density at radius 3 is 2.24 bits per heavy atom. The second-order valence-electron chi connectivity index (χ2n) is 5.51. The van der Waals surface area contributed by atoms with Gasteiger partial charge in [0.15, 0.2) is 11.5 Å². The summed E-state index contributed by atoms with van der Waals surface area (Å²) >= 11 is 6.17. The highest BCUT2D eigenvalue weighted by atomic mass is 35.5. The second kappa shape index (κ2) is 8.62. The summed E-state index contributed by atoms with van der Waals surface area (Å²) in [5.41, 5.74) is 1.63. The number of benzene rings is 2. The van der Waals surface area contributed by atoms with Gasteiger partial charge in [0.1, 0.15) is 0 Å². The predicted molar refractivity (Wildman–Crippen MR) is 97.7 cm³/mol. The molecule has 5 nitrogen and oxygen atoms in total. The van der Waals surface area contributed by atoms with Gasteiger partial charge in [-0.2, -0.15) is 0 Å². The highest BCUT2D eigenvalue weighted by Gasteiger charge is 2.19. The number of carbonyl (C=O) groups is 1. The molecule has 0 radical (unpaired) electrons. The van der Waals surface area contributed by atoms with Crippen molar-refractivity contribution in [2.75, 3.05) is 28.4 Å². The fourth-order valence-electron chi connectivity index (χ4n) is 2.57. The Morgan fingerprint density at radius 2 is 1.64 bits per heavy atom. The molecule has 0 saturated heterocycles. The number of hydrogen-bond donors (Lipinski definition) is 0. The largest absolute Gasteiger partial charge is 0.493 e. The topological polar surface area (TPSA) is 48.0 Å². The lowest BCUT2D eigenvalue weighted by Gasteiger charge is -2.20. The van der Waals surface area contributed by atoms with Crippen molar-refractivity contribution in [3.05, 3.63) is 52.5 Å². The first-order valence-electron chi connectivity index (χ1n) is 7.77. The van der Waals surface area contributed by atoms with Crippen LogP contribution in [0.25, 0.3) is 0 Å². The van der Waals surface area contributed by atoms with Crippen LogP contribution in [0.2, 0.25) is 5.02 Å². The van der Waals surface area contributed by atoms with Gasteiger partial charge < -0.3 is 19.1 Å². The van der Waals surface area contributed by atoms with E-state index in [0.717, 1.165) is 11.1 Å². The van der Waals surface area contributed by atoms with E-state index in [1.165, 1.54) is 7.11 Å². The molecule has 0 aromatic heterocycles. The standard InChI is InChI=1S/C19H22ClNO4/c1-21(12-14-7-5-6-8-15(14)20)17(22)11-13-9-10-16(23-2)19(25-4)18(13)24-3/h5-10H,11-12H2,1-4H3. The van der Waals surface area contributed by atoms with Gasteiger partial charge in [-0.3, -0.25) is 4.79 Å². The van der Waals surface area contributed by atoms with Gasteiger partial charge in [-0.05, 0) is 17.7 Å². The first kappa shape index (κ1) is 18.9. The minimum atomic E-state index is -0.0505. The SMILES string of the molecule is COc1ccc(CC(=O)N(C)Cc2ccccc2Cl)c(OC)c1OC. The third-order valence-electron chi connectivity index (χ3n) is 3.92. The normalized spacial score (nSPS) is 10.3. The maximum Gasteiger partial charge on any atom is 0.227 e. The molecule has 2 rings (SSSR count). The predicted octanol–water partition coefficient (Wildman–Crippen LogP) is 3.57. The average Bonchev–Trinajstić information content (AvgIpc) is 2.62. The molecule has 6 heteroatoms. The van der Waals surface area contributed by atoms with E-state index in [1.54, 1.807) is 38.3 Å². The lowest BCUT2D eigenvalue weighted by Crippen LogP contribution is -2.28. The number of nitrogens with zero attached hydrogens (tertiary/aromatic N) is 1. The van der Waals surface area contributed by atoms with Crippen LogP contribution in [0.1, 0.15) is 11.1 Å². The van der Waals surface area contributed by atoms with E-state index in [9.17, 15) is 4.79 Å². The first-order chi connectivity index (χ1) is 12.0. The molecule has 0 spiro atoms. The van der Waals surface area contributed by atoms with Crippen LogP contribution < -0.4 is 14.2 Å². The molecule has 0 heterocycles. The zero-order chi connectivity index (χ0) is 18.4. The summed E-state index contributed by atoms with van der Waals surface area (Å²) in [5.74, 6) is 1.48. The highest BCUT2D eigenvalue weighted by Crippen LogP contribution is 2.40. The molecule has 25 heavy (non-hydrogen) atoms. The molecule has 0 aliphatic rings. The highest BCUT2D eigenvalue weighted by molar-refractivity contribution is 6.31. The molecule has 0 bridgehead atoms. The van der Waals surface area contributed by atoms with Gasteiger partial charge in [-0.15, -0.1) is 0 Å². The van der Waals surface area contributed by atoms with E-state index >= 15 is 0 Å². The summed E-state index contributed by atoms with van der Waals surface area (Å²) in [6.07, 6.45) is 0.185. The van der Waals surface area contributed by atoms with E-state index in [2.05, 4.69) is 0 Å². The number of methoxy groups -OCH3 is 3. The summed E-state index contributed by atoms with van der Waals surface area (Å²) in [4.78, 5) is 14.2. The Balaban J connectivity index is 2.18. The van der Waals surface area contributed by atoms with Crippen molar-refractivity contribution in [1.29, 1.82) is 0 Å². The van der Waals surface area contributed by atoms with E-state index < -0.39 is 0 Å². The molecule has 0 atom stereocenters. The van der Waals surface area contributed by atoms with E-state index in [0.29, 0.717) is 28.8 Å². The summed E-state index contributed by atoms with van der Waals surface area (Å²) in [6, 6.07) is 11.0. The van der Waals surface area contributed by atoms with Crippen LogP contribution >= 0.6 is 11.6 Å². The van der Waals surface area contributed by atoms with Gasteiger partial charge in [-0.1, -0.05) is 35.9 Å². The van der Waals surface area contributed by atoms with Crippen molar-refractivity contribution in [2.45, 2.75) is 13.0 Å². The van der Waals surface area contributed by atoms with Gasteiger partial charge in [0.05, 0.1) is 27.8 Å². The second-order valence-corrected chi connectivity index (χ2v) is 5.92. The number of halogens is 1. The van der Waals surface area contributed by atoms with Gasteiger partial charge in [0.2, 0.25) is 11.7 Å². The van der Waals surface area contributed by atoms with E-state index in [1.807, 2.05) is 24.3 Å². The van der Waals surface area contributed by atoms with Crippen LogP contribution in [0.5, 0.6) is 17.2 Å². The molecule has 134 valence electrons. The molecule has 0 aliphatic heterocycles. The number of amides is 1. The average molecular weight is 364 g/mol. The quantitative estimate of drug-likeness (QED) is 0.754. The lowest BCUT2D eigenvalue weighted by molar-refractivity contribution is -0.129. The molecule has 0 aliphatic carbocycles. The van der Waals surface area contributed by atoms with Crippen molar-refractivity contribution in [1.82, 2.24) is 4.90 Å². The number of hydrogen-bond acceptors (Lipinski definition) is 4. The van der Waals surface area contributed by atoms with Crippen LogP contribution in [-0.4, -0.2) is 39.2 Å². The van der Waals surface area contributed by atoms with Crippen LogP contribution in [0, 0.1) is 0 Å². The Hall–Kier alpha value is -2.40. The van der Waals surface area contributed by atoms with Crippen molar-refractivity contribution in [3.8, 4) is 17.2 Å². The lowest BCUT2D eigenvalue weighted by atomic mass is 10.1. The molecule has 0 saturated carbocycles. The molecule has 2 aromatic carbocycles. The fraction of sp³-hybridized carbons (Fsp3) is 0.316. The molecule has 2 aromatic rings.